The molecule has 1 aliphatic rings. The molecule has 5 heteroatoms. The molecule has 0 saturated carbocycles. The van der Waals surface area contributed by atoms with Gasteiger partial charge in [0, 0.05) is 25.6 Å². The molecular weight excluding hydrogens is 292 g/mol. The summed E-state index contributed by atoms with van der Waals surface area (Å²) in [5.74, 6) is 0.0349. The Morgan fingerprint density at radius 3 is 2.70 bits per heavy atom. The number of carbonyl (C=O) groups is 2. The molecule has 0 atom stereocenters. The third-order valence-corrected chi connectivity index (χ3v) is 3.71. The highest BCUT2D eigenvalue weighted by Gasteiger charge is 2.23. The van der Waals surface area contributed by atoms with Crippen molar-refractivity contribution in [2.45, 2.75) is 13.3 Å². The van der Waals surface area contributed by atoms with Gasteiger partial charge in [-0.15, -0.1) is 0 Å². The van der Waals surface area contributed by atoms with Crippen LogP contribution in [0.2, 0.25) is 0 Å². The second-order valence-corrected chi connectivity index (χ2v) is 5.37. The molecule has 0 fully saturated rings. The molecule has 1 heterocycles. The summed E-state index contributed by atoms with van der Waals surface area (Å²) in [5, 5.41) is 3.29. The number of anilines is 2. The number of nitrogens with one attached hydrogen (secondary N) is 1. The highest BCUT2D eigenvalue weighted by atomic mass is 16.5. The average molecular weight is 310 g/mol. The van der Waals surface area contributed by atoms with Gasteiger partial charge in [0.15, 0.2) is 0 Å². The van der Waals surface area contributed by atoms with Gasteiger partial charge < -0.3 is 15.0 Å². The second-order valence-electron chi connectivity index (χ2n) is 5.37. The van der Waals surface area contributed by atoms with Crippen LogP contribution < -0.4 is 15.0 Å². The largest absolute Gasteiger partial charge is 0.426 e. The third-order valence-electron chi connectivity index (χ3n) is 3.71. The maximum atomic E-state index is 12.7. The van der Waals surface area contributed by atoms with Gasteiger partial charge in [0.25, 0.3) is 0 Å². The number of esters is 1. The molecule has 1 aliphatic heterocycles. The van der Waals surface area contributed by atoms with Crippen LogP contribution in [0.15, 0.2) is 48.5 Å². The molecule has 0 unspecified atom stereocenters. The molecule has 1 N–H and O–H groups in total. The van der Waals surface area contributed by atoms with Crippen molar-refractivity contribution in [1.29, 1.82) is 0 Å². The summed E-state index contributed by atoms with van der Waals surface area (Å²) >= 11 is 0. The summed E-state index contributed by atoms with van der Waals surface area (Å²) in [6.45, 7) is 2.69. The number of fused-ring (bicyclic) bond motifs is 1. The van der Waals surface area contributed by atoms with Crippen LogP contribution in [-0.2, 0) is 16.0 Å². The lowest BCUT2D eigenvalue weighted by atomic mass is 10.1. The molecule has 5 nitrogen and oxygen atoms in total. The van der Waals surface area contributed by atoms with Crippen molar-refractivity contribution in [1.82, 2.24) is 0 Å². The summed E-state index contributed by atoms with van der Waals surface area (Å²) in [4.78, 5) is 25.7. The predicted octanol–water partition coefficient (Wildman–Crippen LogP) is 2.61. The average Bonchev–Trinajstić information content (AvgIpc) is 2.55. The van der Waals surface area contributed by atoms with Crippen molar-refractivity contribution in [2.24, 2.45) is 0 Å². The van der Waals surface area contributed by atoms with Gasteiger partial charge in [-0.1, -0.05) is 30.3 Å². The van der Waals surface area contributed by atoms with Crippen LogP contribution in [-0.4, -0.2) is 25.0 Å². The molecule has 118 valence electrons. The molecule has 0 spiro atoms. The number of para-hydroxylation sites is 3. The Kier molecular flexibility index (Phi) is 4.28. The van der Waals surface area contributed by atoms with E-state index < -0.39 is 5.97 Å². The summed E-state index contributed by atoms with van der Waals surface area (Å²) in [5.41, 5.74) is 2.55. The SMILES string of the molecule is CC(=O)Oc1ccccc1CC(=O)N1CCNc2ccccc21. The fraction of sp³-hybridized carbons (Fsp3) is 0.222. The first-order chi connectivity index (χ1) is 11.1. The first-order valence-corrected chi connectivity index (χ1v) is 7.55. The number of benzene rings is 2. The number of rotatable bonds is 3. The zero-order valence-corrected chi connectivity index (χ0v) is 12.9. The molecule has 0 saturated heterocycles. The number of ether oxygens (including phenoxy) is 1. The second kappa shape index (κ2) is 6.52. The Bertz CT molecular complexity index is 743. The molecule has 3 rings (SSSR count). The van der Waals surface area contributed by atoms with E-state index in [1.54, 1.807) is 17.0 Å². The van der Waals surface area contributed by atoms with E-state index in [9.17, 15) is 9.59 Å². The lowest BCUT2D eigenvalue weighted by Crippen LogP contribution is -2.39. The van der Waals surface area contributed by atoms with E-state index in [1.807, 2.05) is 36.4 Å². The van der Waals surface area contributed by atoms with Gasteiger partial charge in [-0.05, 0) is 18.2 Å². The van der Waals surface area contributed by atoms with E-state index in [1.165, 1.54) is 6.92 Å². The smallest absolute Gasteiger partial charge is 0.308 e. The minimum Gasteiger partial charge on any atom is -0.426 e. The fourth-order valence-electron chi connectivity index (χ4n) is 2.70. The van der Waals surface area contributed by atoms with E-state index in [0.29, 0.717) is 24.4 Å². The van der Waals surface area contributed by atoms with Crippen LogP contribution in [0.25, 0.3) is 0 Å². The van der Waals surface area contributed by atoms with Crippen LogP contribution in [0.1, 0.15) is 12.5 Å². The number of hydrogen-bond donors (Lipinski definition) is 1. The third kappa shape index (κ3) is 3.34. The maximum absolute atomic E-state index is 12.7. The highest BCUT2D eigenvalue weighted by Crippen LogP contribution is 2.29. The number of nitrogens with zero attached hydrogens (tertiary/aromatic N) is 1. The van der Waals surface area contributed by atoms with Crippen molar-refractivity contribution < 1.29 is 14.3 Å². The molecule has 2 aromatic carbocycles. The summed E-state index contributed by atoms with van der Waals surface area (Å²) in [7, 11) is 0. The van der Waals surface area contributed by atoms with Crippen molar-refractivity contribution in [3.05, 3.63) is 54.1 Å². The van der Waals surface area contributed by atoms with Crippen LogP contribution >= 0.6 is 0 Å². The molecule has 1 amide bonds. The van der Waals surface area contributed by atoms with Crippen LogP contribution in [0, 0.1) is 0 Å². The van der Waals surface area contributed by atoms with Crippen LogP contribution in [0.3, 0.4) is 0 Å². The molecule has 0 bridgehead atoms. The van der Waals surface area contributed by atoms with E-state index in [0.717, 1.165) is 11.4 Å². The Hall–Kier alpha value is -2.82. The normalized spacial score (nSPS) is 13.0. The molecule has 0 radical (unpaired) electrons. The molecule has 0 aliphatic carbocycles. The Morgan fingerprint density at radius 2 is 1.87 bits per heavy atom. The molecule has 0 aromatic heterocycles. The lowest BCUT2D eigenvalue weighted by Gasteiger charge is -2.30. The number of hydrogen-bond acceptors (Lipinski definition) is 4. The Morgan fingerprint density at radius 1 is 1.13 bits per heavy atom. The van der Waals surface area contributed by atoms with E-state index in [2.05, 4.69) is 5.32 Å². The van der Waals surface area contributed by atoms with Gasteiger partial charge in [-0.3, -0.25) is 9.59 Å². The highest BCUT2D eigenvalue weighted by molar-refractivity contribution is 5.99. The zero-order chi connectivity index (χ0) is 16.2. The summed E-state index contributed by atoms with van der Waals surface area (Å²) in [6, 6.07) is 14.9. The zero-order valence-electron chi connectivity index (χ0n) is 12.9. The number of carbonyl (C=O) groups excluding carboxylic acids is 2. The molecule has 2 aromatic rings. The van der Waals surface area contributed by atoms with E-state index in [4.69, 9.17) is 4.74 Å². The van der Waals surface area contributed by atoms with Crippen molar-refractivity contribution in [3.63, 3.8) is 0 Å². The monoisotopic (exact) mass is 310 g/mol. The quantitative estimate of drug-likeness (QED) is 0.699. The standard InChI is InChI=1S/C18H18N2O3/c1-13(21)23-17-9-5-2-6-14(17)12-18(22)20-11-10-19-15-7-3-4-8-16(15)20/h2-9,19H,10-12H2,1H3. The Labute approximate surface area is 134 Å². The minimum atomic E-state index is -0.391. The van der Waals surface area contributed by atoms with Crippen LogP contribution in [0.5, 0.6) is 5.75 Å². The van der Waals surface area contributed by atoms with Gasteiger partial charge >= 0.3 is 5.97 Å². The van der Waals surface area contributed by atoms with Gasteiger partial charge in [0.1, 0.15) is 5.75 Å². The predicted molar refractivity (Wildman–Crippen MR) is 88.7 cm³/mol. The van der Waals surface area contributed by atoms with Crippen LogP contribution in [0.4, 0.5) is 11.4 Å². The first kappa shape index (κ1) is 15.1. The fourth-order valence-corrected chi connectivity index (χ4v) is 2.70. The molecular formula is C18H18N2O3. The topological polar surface area (TPSA) is 58.6 Å². The van der Waals surface area contributed by atoms with E-state index >= 15 is 0 Å². The number of amides is 1. The van der Waals surface area contributed by atoms with Gasteiger partial charge in [0.05, 0.1) is 17.8 Å². The van der Waals surface area contributed by atoms with Gasteiger partial charge in [0.2, 0.25) is 5.91 Å². The summed E-state index contributed by atoms with van der Waals surface area (Å²) < 4.78 is 5.18. The lowest BCUT2D eigenvalue weighted by molar-refractivity contribution is -0.132. The van der Waals surface area contributed by atoms with Gasteiger partial charge in [-0.25, -0.2) is 0 Å². The van der Waals surface area contributed by atoms with Crippen molar-refractivity contribution >= 4 is 23.3 Å². The maximum Gasteiger partial charge on any atom is 0.308 e. The first-order valence-electron chi connectivity index (χ1n) is 7.55. The summed E-state index contributed by atoms with van der Waals surface area (Å²) in [6.07, 6.45) is 0.192. The van der Waals surface area contributed by atoms with Crippen molar-refractivity contribution in [3.8, 4) is 5.75 Å². The van der Waals surface area contributed by atoms with E-state index in [-0.39, 0.29) is 12.3 Å². The van der Waals surface area contributed by atoms with Gasteiger partial charge in [-0.2, -0.15) is 0 Å². The Balaban J connectivity index is 1.82. The molecule has 23 heavy (non-hydrogen) atoms. The van der Waals surface area contributed by atoms with Crippen molar-refractivity contribution in [2.75, 3.05) is 23.3 Å². The minimum absolute atomic E-state index is 0.0152.